The van der Waals surface area contributed by atoms with Crippen molar-refractivity contribution in [2.24, 2.45) is 0 Å². The standard InChI is InChI=1S/C17H21BrN2O2/c18-16-3-1-2-14(16)12-19-8-10-20(11-9-19)15-6-4-13(5-7-15)17(21)22/h4-7H,1-3,8-12H2,(H,21,22). The average molecular weight is 365 g/mol. The van der Waals surface area contributed by atoms with Crippen LogP contribution in [0.15, 0.2) is 34.3 Å². The molecule has 0 amide bonds. The Morgan fingerprint density at radius 2 is 1.77 bits per heavy atom. The van der Waals surface area contributed by atoms with E-state index in [4.69, 9.17) is 5.11 Å². The highest BCUT2D eigenvalue weighted by atomic mass is 79.9. The van der Waals surface area contributed by atoms with E-state index in [1.807, 2.05) is 12.1 Å². The summed E-state index contributed by atoms with van der Waals surface area (Å²) in [6.45, 7) is 5.20. The molecule has 0 radical (unpaired) electrons. The van der Waals surface area contributed by atoms with Gasteiger partial charge in [-0.2, -0.15) is 0 Å². The van der Waals surface area contributed by atoms with E-state index in [2.05, 4.69) is 25.7 Å². The fourth-order valence-corrected chi connectivity index (χ4v) is 3.79. The first kappa shape index (κ1) is 15.6. The van der Waals surface area contributed by atoms with E-state index in [9.17, 15) is 4.79 Å². The molecule has 0 saturated carbocycles. The van der Waals surface area contributed by atoms with Gasteiger partial charge in [-0.25, -0.2) is 4.79 Å². The van der Waals surface area contributed by atoms with Gasteiger partial charge in [-0.15, -0.1) is 0 Å². The van der Waals surface area contributed by atoms with Crippen molar-refractivity contribution in [1.29, 1.82) is 0 Å². The Kier molecular flexibility index (Phi) is 4.84. The van der Waals surface area contributed by atoms with Gasteiger partial charge in [0.25, 0.3) is 0 Å². The van der Waals surface area contributed by atoms with Gasteiger partial charge in [-0.3, -0.25) is 4.90 Å². The summed E-state index contributed by atoms with van der Waals surface area (Å²) in [5.74, 6) is -0.869. The zero-order valence-corrected chi connectivity index (χ0v) is 14.2. The summed E-state index contributed by atoms with van der Waals surface area (Å²) in [5, 5.41) is 8.95. The van der Waals surface area contributed by atoms with Gasteiger partial charge in [-0.05, 0) is 53.6 Å². The molecular formula is C17H21BrN2O2. The molecule has 1 aromatic carbocycles. The van der Waals surface area contributed by atoms with Gasteiger partial charge in [0, 0.05) is 38.4 Å². The van der Waals surface area contributed by atoms with Crippen molar-refractivity contribution in [1.82, 2.24) is 4.90 Å². The summed E-state index contributed by atoms with van der Waals surface area (Å²) < 4.78 is 1.42. The van der Waals surface area contributed by atoms with E-state index in [-0.39, 0.29) is 0 Å². The number of aromatic carboxylic acids is 1. The minimum absolute atomic E-state index is 0.348. The zero-order chi connectivity index (χ0) is 15.5. The molecule has 1 fully saturated rings. The molecule has 1 saturated heterocycles. The molecule has 0 bridgehead atoms. The van der Waals surface area contributed by atoms with Crippen LogP contribution in [0.4, 0.5) is 5.69 Å². The van der Waals surface area contributed by atoms with Crippen molar-refractivity contribution in [3.05, 3.63) is 39.9 Å². The number of halogens is 1. The normalized spacial score (nSPS) is 19.8. The minimum Gasteiger partial charge on any atom is -0.478 e. The molecule has 0 unspecified atom stereocenters. The smallest absolute Gasteiger partial charge is 0.335 e. The van der Waals surface area contributed by atoms with Crippen LogP contribution in [-0.2, 0) is 0 Å². The quantitative estimate of drug-likeness (QED) is 0.889. The third-order valence-electron chi connectivity index (χ3n) is 4.52. The molecule has 3 rings (SSSR count). The van der Waals surface area contributed by atoms with Crippen molar-refractivity contribution in [3.63, 3.8) is 0 Å². The predicted octanol–water partition coefficient (Wildman–Crippen LogP) is 3.34. The van der Waals surface area contributed by atoms with Crippen molar-refractivity contribution in [3.8, 4) is 0 Å². The monoisotopic (exact) mass is 364 g/mol. The van der Waals surface area contributed by atoms with Crippen LogP contribution >= 0.6 is 15.9 Å². The molecule has 1 heterocycles. The summed E-state index contributed by atoms with van der Waals surface area (Å²) in [4.78, 5) is 15.7. The maximum Gasteiger partial charge on any atom is 0.335 e. The molecule has 4 nitrogen and oxygen atoms in total. The van der Waals surface area contributed by atoms with Crippen LogP contribution in [0.3, 0.4) is 0 Å². The molecule has 0 atom stereocenters. The highest BCUT2D eigenvalue weighted by molar-refractivity contribution is 9.11. The summed E-state index contributed by atoms with van der Waals surface area (Å²) >= 11 is 3.69. The van der Waals surface area contributed by atoms with E-state index in [1.54, 1.807) is 17.7 Å². The number of benzene rings is 1. The summed E-state index contributed by atoms with van der Waals surface area (Å²) in [7, 11) is 0. The van der Waals surface area contributed by atoms with Crippen LogP contribution in [0.2, 0.25) is 0 Å². The Balaban J connectivity index is 1.55. The maximum atomic E-state index is 10.9. The molecule has 5 heteroatoms. The molecule has 118 valence electrons. The Hall–Kier alpha value is -1.33. The number of anilines is 1. The molecule has 1 aliphatic heterocycles. The van der Waals surface area contributed by atoms with E-state index < -0.39 is 5.97 Å². The number of hydrogen-bond acceptors (Lipinski definition) is 3. The van der Waals surface area contributed by atoms with Crippen molar-refractivity contribution >= 4 is 27.6 Å². The largest absolute Gasteiger partial charge is 0.478 e. The maximum absolute atomic E-state index is 10.9. The molecular weight excluding hydrogens is 344 g/mol. The number of hydrogen-bond donors (Lipinski definition) is 1. The predicted molar refractivity (Wildman–Crippen MR) is 91.9 cm³/mol. The number of carboxylic acid groups (broad SMARTS) is 1. The second-order valence-corrected chi connectivity index (χ2v) is 6.93. The third-order valence-corrected chi connectivity index (χ3v) is 5.48. The second kappa shape index (κ2) is 6.84. The highest BCUT2D eigenvalue weighted by Gasteiger charge is 2.20. The first-order valence-corrected chi connectivity index (χ1v) is 8.60. The van der Waals surface area contributed by atoms with Gasteiger partial charge in [0.1, 0.15) is 0 Å². The minimum atomic E-state index is -0.869. The SMILES string of the molecule is O=C(O)c1ccc(N2CCN(CC3=C(Br)CCC3)CC2)cc1. The topological polar surface area (TPSA) is 43.8 Å². The number of carbonyl (C=O) groups is 1. The zero-order valence-electron chi connectivity index (χ0n) is 12.6. The second-order valence-electron chi connectivity index (χ2n) is 5.98. The number of nitrogens with zero attached hydrogens (tertiary/aromatic N) is 2. The number of carboxylic acids is 1. The summed E-state index contributed by atoms with van der Waals surface area (Å²) in [6, 6.07) is 7.19. The Morgan fingerprint density at radius 3 is 2.32 bits per heavy atom. The lowest BCUT2D eigenvalue weighted by atomic mass is 10.1. The Morgan fingerprint density at radius 1 is 1.09 bits per heavy atom. The lowest BCUT2D eigenvalue weighted by Gasteiger charge is -2.36. The molecule has 0 spiro atoms. The lowest BCUT2D eigenvalue weighted by Crippen LogP contribution is -2.46. The number of rotatable bonds is 4. The van der Waals surface area contributed by atoms with Crippen LogP contribution in [0.5, 0.6) is 0 Å². The average Bonchev–Trinajstić information content (AvgIpc) is 2.93. The van der Waals surface area contributed by atoms with Crippen LogP contribution in [0, 0.1) is 0 Å². The van der Waals surface area contributed by atoms with Crippen molar-refractivity contribution in [2.45, 2.75) is 19.3 Å². The first-order valence-electron chi connectivity index (χ1n) is 7.80. The number of piperazine rings is 1. The summed E-state index contributed by atoms with van der Waals surface area (Å²) in [5.41, 5.74) is 3.03. The third kappa shape index (κ3) is 3.52. The molecule has 1 aromatic rings. The fraction of sp³-hybridized carbons (Fsp3) is 0.471. The van der Waals surface area contributed by atoms with Crippen LogP contribution in [0.25, 0.3) is 0 Å². The van der Waals surface area contributed by atoms with Crippen LogP contribution < -0.4 is 4.90 Å². The number of allylic oxidation sites excluding steroid dienone is 1. The van der Waals surface area contributed by atoms with Gasteiger partial charge in [0.15, 0.2) is 0 Å². The van der Waals surface area contributed by atoms with Gasteiger partial charge in [-0.1, -0.05) is 15.9 Å². The van der Waals surface area contributed by atoms with Gasteiger partial charge < -0.3 is 10.0 Å². The Labute approximate surface area is 139 Å². The summed E-state index contributed by atoms with van der Waals surface area (Å²) in [6.07, 6.45) is 3.72. The van der Waals surface area contributed by atoms with Crippen LogP contribution in [0.1, 0.15) is 29.6 Å². The molecule has 1 aliphatic carbocycles. The fourth-order valence-electron chi connectivity index (χ4n) is 3.18. The molecule has 22 heavy (non-hydrogen) atoms. The Bertz CT molecular complexity index is 575. The highest BCUT2D eigenvalue weighted by Crippen LogP contribution is 2.31. The molecule has 2 aliphatic rings. The van der Waals surface area contributed by atoms with E-state index in [0.717, 1.165) is 38.4 Å². The van der Waals surface area contributed by atoms with E-state index in [1.165, 1.54) is 23.7 Å². The van der Waals surface area contributed by atoms with E-state index in [0.29, 0.717) is 5.56 Å². The van der Waals surface area contributed by atoms with Crippen molar-refractivity contribution < 1.29 is 9.90 Å². The van der Waals surface area contributed by atoms with Gasteiger partial charge in [0.05, 0.1) is 5.56 Å². The molecule has 1 N–H and O–H groups in total. The first-order chi connectivity index (χ1) is 10.6. The molecule has 0 aromatic heterocycles. The van der Waals surface area contributed by atoms with Crippen molar-refractivity contribution in [2.75, 3.05) is 37.6 Å². The van der Waals surface area contributed by atoms with Gasteiger partial charge in [0.2, 0.25) is 0 Å². The van der Waals surface area contributed by atoms with Gasteiger partial charge >= 0.3 is 5.97 Å². The van der Waals surface area contributed by atoms with Crippen LogP contribution in [-0.4, -0.2) is 48.7 Å². The van der Waals surface area contributed by atoms with E-state index >= 15 is 0 Å². The lowest BCUT2D eigenvalue weighted by molar-refractivity contribution is 0.0697.